The summed E-state index contributed by atoms with van der Waals surface area (Å²) in [5.41, 5.74) is 9.99. The van der Waals surface area contributed by atoms with E-state index in [-0.39, 0.29) is 0 Å². The Bertz CT molecular complexity index is 787. The van der Waals surface area contributed by atoms with Crippen LogP contribution in [0.5, 0.6) is 5.88 Å². The predicted molar refractivity (Wildman–Crippen MR) is 92.2 cm³/mol. The molecule has 5 nitrogen and oxygen atoms in total. The smallest absolute Gasteiger partial charge is 0.212 e. The number of rotatable bonds is 5. The lowest BCUT2D eigenvalue weighted by molar-refractivity contribution is 0.398. The molecule has 0 bridgehead atoms. The van der Waals surface area contributed by atoms with Crippen molar-refractivity contribution in [3.63, 3.8) is 0 Å². The number of anilines is 2. The zero-order valence-corrected chi connectivity index (χ0v) is 12.9. The number of nitrogens with two attached hydrogens (primary N) is 1. The maximum atomic E-state index is 5.84. The second kappa shape index (κ2) is 6.79. The van der Waals surface area contributed by atoms with Crippen LogP contribution in [0, 0.1) is 0 Å². The molecule has 116 valence electrons. The lowest BCUT2D eigenvalue weighted by atomic mass is 10.0. The fourth-order valence-corrected chi connectivity index (χ4v) is 2.30. The zero-order chi connectivity index (χ0) is 16.1. The van der Waals surface area contributed by atoms with Gasteiger partial charge >= 0.3 is 0 Å². The van der Waals surface area contributed by atoms with Crippen molar-refractivity contribution >= 4 is 11.5 Å². The second-order valence-electron chi connectivity index (χ2n) is 5.08. The van der Waals surface area contributed by atoms with Crippen molar-refractivity contribution in [2.24, 2.45) is 0 Å². The molecule has 0 saturated heterocycles. The molecular weight excluding hydrogens is 288 g/mol. The van der Waals surface area contributed by atoms with E-state index in [0.29, 0.717) is 18.2 Å². The van der Waals surface area contributed by atoms with Gasteiger partial charge in [-0.15, -0.1) is 0 Å². The Kier molecular flexibility index (Phi) is 4.38. The van der Waals surface area contributed by atoms with Crippen LogP contribution >= 0.6 is 0 Å². The van der Waals surface area contributed by atoms with Gasteiger partial charge in [0.05, 0.1) is 12.8 Å². The van der Waals surface area contributed by atoms with Crippen LogP contribution in [0.1, 0.15) is 5.56 Å². The number of nitrogen functional groups attached to an aromatic ring is 1. The fraction of sp³-hybridized carbons (Fsp3) is 0.111. The minimum atomic E-state index is 0.503. The van der Waals surface area contributed by atoms with E-state index >= 15 is 0 Å². The largest absolute Gasteiger partial charge is 0.481 e. The van der Waals surface area contributed by atoms with Crippen LogP contribution in [0.25, 0.3) is 11.1 Å². The molecule has 0 radical (unpaired) electrons. The number of aromatic nitrogens is 2. The Hall–Kier alpha value is -3.08. The number of nitrogens with one attached hydrogen (secondary N) is 1. The Morgan fingerprint density at radius 2 is 1.96 bits per heavy atom. The number of hydrogen-bond acceptors (Lipinski definition) is 5. The van der Waals surface area contributed by atoms with E-state index in [0.717, 1.165) is 22.4 Å². The monoisotopic (exact) mass is 306 g/mol. The first-order chi connectivity index (χ1) is 11.3. The summed E-state index contributed by atoms with van der Waals surface area (Å²) in [6.07, 6.45) is 3.49. The Morgan fingerprint density at radius 3 is 2.70 bits per heavy atom. The van der Waals surface area contributed by atoms with Gasteiger partial charge < -0.3 is 15.8 Å². The van der Waals surface area contributed by atoms with Crippen LogP contribution in [0.3, 0.4) is 0 Å². The van der Waals surface area contributed by atoms with Crippen molar-refractivity contribution in [1.82, 2.24) is 9.97 Å². The lowest BCUT2D eigenvalue weighted by Crippen LogP contribution is -2.03. The molecule has 0 unspecified atom stereocenters. The summed E-state index contributed by atoms with van der Waals surface area (Å²) >= 11 is 0. The van der Waals surface area contributed by atoms with Gasteiger partial charge in [-0.05, 0) is 35.4 Å². The van der Waals surface area contributed by atoms with E-state index in [1.807, 2.05) is 36.5 Å². The SMILES string of the molecule is COc1ccc(-c2cccc(CNc3cccnc3N)c2)cn1. The molecular formula is C18H18N4O. The molecule has 0 atom stereocenters. The third-order valence-electron chi connectivity index (χ3n) is 3.53. The molecule has 0 aliphatic heterocycles. The standard InChI is InChI=1S/C18H18N4O/c1-23-17-8-7-15(12-22-17)14-5-2-4-13(10-14)11-21-16-6-3-9-20-18(16)19/h2-10,12,21H,11H2,1H3,(H2,19,20). The number of benzene rings is 1. The van der Waals surface area contributed by atoms with Crippen molar-refractivity contribution in [3.8, 4) is 17.0 Å². The first-order valence-corrected chi connectivity index (χ1v) is 7.30. The van der Waals surface area contributed by atoms with Crippen molar-refractivity contribution in [2.75, 3.05) is 18.2 Å². The second-order valence-corrected chi connectivity index (χ2v) is 5.08. The Balaban J connectivity index is 1.75. The molecule has 2 heterocycles. The summed E-state index contributed by atoms with van der Waals surface area (Å²) in [4.78, 5) is 8.31. The van der Waals surface area contributed by atoms with Crippen molar-refractivity contribution in [3.05, 3.63) is 66.5 Å². The van der Waals surface area contributed by atoms with E-state index < -0.39 is 0 Å². The number of methoxy groups -OCH3 is 1. The van der Waals surface area contributed by atoms with Crippen LogP contribution in [0.2, 0.25) is 0 Å². The van der Waals surface area contributed by atoms with Gasteiger partial charge in [0.2, 0.25) is 5.88 Å². The average Bonchev–Trinajstić information content (AvgIpc) is 2.61. The summed E-state index contributed by atoms with van der Waals surface area (Å²) in [6.45, 7) is 0.674. The number of pyridine rings is 2. The minimum Gasteiger partial charge on any atom is -0.481 e. The van der Waals surface area contributed by atoms with Gasteiger partial charge in [0.1, 0.15) is 5.82 Å². The third kappa shape index (κ3) is 3.58. The summed E-state index contributed by atoms with van der Waals surface area (Å²) < 4.78 is 5.09. The van der Waals surface area contributed by atoms with Gasteiger partial charge in [0.15, 0.2) is 0 Å². The van der Waals surface area contributed by atoms with Gasteiger partial charge in [-0.2, -0.15) is 0 Å². The van der Waals surface area contributed by atoms with E-state index in [4.69, 9.17) is 10.5 Å². The predicted octanol–water partition coefficient (Wildman–Crippen LogP) is 3.35. The Labute approximate surface area is 135 Å². The molecule has 3 aromatic rings. The van der Waals surface area contributed by atoms with E-state index in [9.17, 15) is 0 Å². The van der Waals surface area contributed by atoms with Crippen molar-refractivity contribution in [1.29, 1.82) is 0 Å². The summed E-state index contributed by atoms with van der Waals surface area (Å²) in [5.74, 6) is 1.11. The molecule has 0 fully saturated rings. The molecule has 5 heteroatoms. The number of hydrogen-bond donors (Lipinski definition) is 2. The maximum Gasteiger partial charge on any atom is 0.212 e. The average molecular weight is 306 g/mol. The van der Waals surface area contributed by atoms with Crippen LogP contribution in [0.4, 0.5) is 11.5 Å². The van der Waals surface area contributed by atoms with Gasteiger partial charge in [-0.25, -0.2) is 9.97 Å². The van der Waals surface area contributed by atoms with E-state index in [1.54, 1.807) is 13.3 Å². The zero-order valence-electron chi connectivity index (χ0n) is 12.9. The summed E-state index contributed by atoms with van der Waals surface area (Å²) in [6, 6.07) is 15.9. The van der Waals surface area contributed by atoms with Crippen molar-refractivity contribution < 1.29 is 4.74 Å². The molecule has 0 saturated carbocycles. The molecule has 0 amide bonds. The fourth-order valence-electron chi connectivity index (χ4n) is 2.30. The van der Waals surface area contributed by atoms with E-state index in [2.05, 4.69) is 33.5 Å². The molecule has 1 aromatic carbocycles. The van der Waals surface area contributed by atoms with Gasteiger partial charge in [-0.3, -0.25) is 0 Å². The van der Waals surface area contributed by atoms with Crippen LogP contribution in [-0.4, -0.2) is 17.1 Å². The lowest BCUT2D eigenvalue weighted by Gasteiger charge is -2.10. The first kappa shape index (κ1) is 14.8. The molecule has 3 rings (SSSR count). The molecule has 0 spiro atoms. The molecule has 3 N–H and O–H groups in total. The van der Waals surface area contributed by atoms with Crippen LogP contribution < -0.4 is 15.8 Å². The normalized spacial score (nSPS) is 10.3. The highest BCUT2D eigenvalue weighted by Gasteiger charge is 2.02. The number of nitrogens with zero attached hydrogens (tertiary/aromatic N) is 2. The van der Waals surface area contributed by atoms with Crippen molar-refractivity contribution in [2.45, 2.75) is 6.54 Å². The minimum absolute atomic E-state index is 0.503. The molecule has 23 heavy (non-hydrogen) atoms. The maximum absolute atomic E-state index is 5.84. The quantitative estimate of drug-likeness (QED) is 0.756. The van der Waals surface area contributed by atoms with Crippen LogP contribution in [-0.2, 0) is 6.54 Å². The molecule has 2 aromatic heterocycles. The molecule has 0 aliphatic carbocycles. The highest BCUT2D eigenvalue weighted by molar-refractivity contribution is 5.64. The third-order valence-corrected chi connectivity index (χ3v) is 3.53. The number of ether oxygens (including phenoxy) is 1. The Morgan fingerprint density at radius 1 is 1.04 bits per heavy atom. The highest BCUT2D eigenvalue weighted by atomic mass is 16.5. The highest BCUT2D eigenvalue weighted by Crippen LogP contribution is 2.22. The van der Waals surface area contributed by atoms with Gasteiger partial charge in [0.25, 0.3) is 0 Å². The van der Waals surface area contributed by atoms with E-state index in [1.165, 1.54) is 0 Å². The van der Waals surface area contributed by atoms with Gasteiger partial charge in [-0.1, -0.05) is 18.2 Å². The van der Waals surface area contributed by atoms with Gasteiger partial charge in [0, 0.05) is 30.6 Å². The first-order valence-electron chi connectivity index (χ1n) is 7.30. The van der Waals surface area contributed by atoms with Crippen LogP contribution in [0.15, 0.2) is 60.9 Å². The molecule has 0 aliphatic rings. The topological polar surface area (TPSA) is 73.1 Å². The summed E-state index contributed by atoms with van der Waals surface area (Å²) in [7, 11) is 1.61. The summed E-state index contributed by atoms with van der Waals surface area (Å²) in [5, 5.41) is 3.30.